The van der Waals surface area contributed by atoms with Crippen LogP contribution in [0.4, 0.5) is 4.79 Å². The minimum atomic E-state index is -0.339. The van der Waals surface area contributed by atoms with E-state index in [9.17, 15) is 9.59 Å². The zero-order valence-electron chi connectivity index (χ0n) is 15.4. The molecule has 6 nitrogen and oxygen atoms in total. The predicted octanol–water partition coefficient (Wildman–Crippen LogP) is 2.55. The van der Waals surface area contributed by atoms with Gasteiger partial charge in [-0.1, -0.05) is 23.7 Å². The van der Waals surface area contributed by atoms with Gasteiger partial charge in [0.25, 0.3) is 0 Å². The molecule has 3 rings (SSSR count). The fraction of sp³-hybridized carbons (Fsp3) is 0.579. The van der Waals surface area contributed by atoms with E-state index in [0.29, 0.717) is 17.6 Å². The molecule has 150 valence electrons. The third-order valence-electron chi connectivity index (χ3n) is 5.01. The number of nitrogens with zero attached hydrogens (tertiary/aromatic N) is 1. The molecule has 0 unspecified atom stereocenters. The Kier molecular flexibility index (Phi) is 8.67. The highest BCUT2D eigenvalue weighted by atomic mass is 35.5. The second-order valence-corrected chi connectivity index (χ2v) is 7.61. The molecule has 0 radical (unpaired) electrons. The van der Waals surface area contributed by atoms with Crippen molar-refractivity contribution in [1.29, 1.82) is 0 Å². The van der Waals surface area contributed by atoms with Crippen molar-refractivity contribution in [1.82, 2.24) is 20.9 Å². The second-order valence-electron chi connectivity index (χ2n) is 7.17. The molecular weight excluding hydrogens is 387 g/mol. The van der Waals surface area contributed by atoms with Gasteiger partial charge in [-0.2, -0.15) is 0 Å². The summed E-state index contributed by atoms with van der Waals surface area (Å²) in [6.45, 7) is 3.07. The van der Waals surface area contributed by atoms with Gasteiger partial charge in [0.15, 0.2) is 0 Å². The number of rotatable bonds is 7. The lowest BCUT2D eigenvalue weighted by molar-refractivity contribution is -0.131. The molecule has 3 amide bonds. The Morgan fingerprint density at radius 3 is 2.33 bits per heavy atom. The van der Waals surface area contributed by atoms with E-state index in [1.807, 2.05) is 17.0 Å². The smallest absolute Gasteiger partial charge is 0.315 e. The lowest BCUT2D eigenvalue weighted by Gasteiger charge is -2.32. The highest BCUT2D eigenvalue weighted by Crippen LogP contribution is 2.28. The maximum Gasteiger partial charge on any atom is 0.315 e. The number of carbonyl (C=O) groups is 2. The van der Waals surface area contributed by atoms with Crippen molar-refractivity contribution in [2.75, 3.05) is 26.2 Å². The zero-order chi connectivity index (χ0) is 18.4. The van der Waals surface area contributed by atoms with Gasteiger partial charge in [-0.3, -0.25) is 4.79 Å². The van der Waals surface area contributed by atoms with Gasteiger partial charge in [0.2, 0.25) is 5.91 Å². The molecule has 3 N–H and O–H groups in total. The van der Waals surface area contributed by atoms with Crippen LogP contribution in [-0.4, -0.2) is 49.1 Å². The number of nitrogens with one attached hydrogen (secondary N) is 3. The van der Waals surface area contributed by atoms with Gasteiger partial charge in [-0.15, -0.1) is 12.4 Å². The van der Waals surface area contributed by atoms with Crippen LogP contribution in [0.5, 0.6) is 0 Å². The average molecular weight is 415 g/mol. The third-order valence-corrected chi connectivity index (χ3v) is 5.26. The molecule has 0 spiro atoms. The van der Waals surface area contributed by atoms with Crippen molar-refractivity contribution in [2.45, 2.75) is 38.3 Å². The molecule has 1 aromatic rings. The summed E-state index contributed by atoms with van der Waals surface area (Å²) in [5.41, 5.74) is 0.955. The highest BCUT2D eigenvalue weighted by Gasteiger charge is 2.25. The van der Waals surface area contributed by atoms with Crippen LogP contribution in [0.3, 0.4) is 0 Å². The van der Waals surface area contributed by atoms with Crippen molar-refractivity contribution in [3.05, 3.63) is 34.9 Å². The first kappa shape index (κ1) is 21.8. The van der Waals surface area contributed by atoms with E-state index >= 15 is 0 Å². The van der Waals surface area contributed by atoms with Crippen LogP contribution >= 0.6 is 24.0 Å². The molecule has 1 aliphatic carbocycles. The standard InChI is InChI=1S/C19H27ClN4O2.ClH/c20-16-5-3-15(4-6-16)12-22-19(26)23-13-18(25)24-9-7-17(8-10-24)21-11-14-1-2-14;/h3-6,14,17,21H,1-2,7-13H2,(H2,22,23,26);1H. The van der Waals surface area contributed by atoms with Crippen LogP contribution in [0.1, 0.15) is 31.2 Å². The van der Waals surface area contributed by atoms with E-state index in [1.54, 1.807) is 12.1 Å². The van der Waals surface area contributed by atoms with Crippen molar-refractivity contribution in [3.63, 3.8) is 0 Å². The molecular formula is C19H28Cl2N4O2. The van der Waals surface area contributed by atoms with Crippen LogP contribution in [0, 0.1) is 5.92 Å². The van der Waals surface area contributed by atoms with E-state index < -0.39 is 0 Å². The number of amides is 3. The molecule has 1 aromatic carbocycles. The zero-order valence-corrected chi connectivity index (χ0v) is 17.0. The summed E-state index contributed by atoms with van der Waals surface area (Å²) in [5.74, 6) is 0.859. The largest absolute Gasteiger partial charge is 0.341 e. The van der Waals surface area contributed by atoms with E-state index in [4.69, 9.17) is 11.6 Å². The molecule has 2 fully saturated rings. The van der Waals surface area contributed by atoms with Crippen LogP contribution in [-0.2, 0) is 11.3 Å². The normalized spacial score (nSPS) is 17.1. The van der Waals surface area contributed by atoms with Gasteiger partial charge in [0.1, 0.15) is 0 Å². The van der Waals surface area contributed by atoms with E-state index in [2.05, 4.69) is 16.0 Å². The summed E-state index contributed by atoms with van der Waals surface area (Å²) in [4.78, 5) is 25.9. The number of halogens is 2. The fourth-order valence-corrected chi connectivity index (χ4v) is 3.23. The molecule has 0 bridgehead atoms. The monoisotopic (exact) mass is 414 g/mol. The first-order valence-electron chi connectivity index (χ1n) is 9.37. The predicted molar refractivity (Wildman–Crippen MR) is 109 cm³/mol. The number of urea groups is 1. The fourth-order valence-electron chi connectivity index (χ4n) is 3.10. The average Bonchev–Trinajstić information content (AvgIpc) is 3.49. The summed E-state index contributed by atoms with van der Waals surface area (Å²) < 4.78 is 0. The van der Waals surface area contributed by atoms with Gasteiger partial charge in [0.05, 0.1) is 6.54 Å². The third kappa shape index (κ3) is 7.56. The van der Waals surface area contributed by atoms with E-state index in [1.165, 1.54) is 12.8 Å². The maximum atomic E-state index is 12.2. The molecule has 1 saturated carbocycles. The number of benzene rings is 1. The lowest BCUT2D eigenvalue weighted by Crippen LogP contribution is -2.49. The van der Waals surface area contributed by atoms with Crippen LogP contribution in [0.2, 0.25) is 5.02 Å². The SMILES string of the molecule is Cl.O=C(NCC(=O)N1CCC(NCC2CC2)CC1)NCc1ccc(Cl)cc1. The van der Waals surface area contributed by atoms with Crippen LogP contribution in [0.25, 0.3) is 0 Å². The van der Waals surface area contributed by atoms with Crippen molar-refractivity contribution in [3.8, 4) is 0 Å². The topological polar surface area (TPSA) is 73.5 Å². The van der Waals surface area contributed by atoms with Crippen LogP contribution < -0.4 is 16.0 Å². The highest BCUT2D eigenvalue weighted by molar-refractivity contribution is 6.30. The number of hydrogen-bond donors (Lipinski definition) is 3. The minimum absolute atomic E-state index is 0. The summed E-state index contributed by atoms with van der Waals surface area (Å²) in [5, 5.41) is 9.65. The lowest BCUT2D eigenvalue weighted by atomic mass is 10.0. The quantitative estimate of drug-likeness (QED) is 0.641. The number of piperidine rings is 1. The molecule has 1 aliphatic heterocycles. The van der Waals surface area contributed by atoms with Crippen molar-refractivity contribution in [2.24, 2.45) is 5.92 Å². The van der Waals surface area contributed by atoms with Gasteiger partial charge in [-0.05, 0) is 55.8 Å². The molecule has 1 saturated heterocycles. The molecule has 8 heteroatoms. The Morgan fingerprint density at radius 1 is 1.04 bits per heavy atom. The second kappa shape index (κ2) is 10.7. The van der Waals surface area contributed by atoms with Crippen LogP contribution in [0.15, 0.2) is 24.3 Å². The van der Waals surface area contributed by atoms with Gasteiger partial charge < -0.3 is 20.9 Å². The molecule has 2 aliphatic rings. The summed E-state index contributed by atoms with van der Waals surface area (Å²) in [6.07, 6.45) is 4.69. The van der Waals surface area contributed by atoms with Gasteiger partial charge in [-0.25, -0.2) is 4.79 Å². The van der Waals surface area contributed by atoms with E-state index in [0.717, 1.165) is 44.0 Å². The molecule has 0 aromatic heterocycles. The summed E-state index contributed by atoms with van der Waals surface area (Å²) in [7, 11) is 0. The van der Waals surface area contributed by atoms with E-state index in [-0.39, 0.29) is 30.9 Å². The number of carbonyl (C=O) groups excluding carboxylic acids is 2. The molecule has 27 heavy (non-hydrogen) atoms. The number of hydrogen-bond acceptors (Lipinski definition) is 3. The van der Waals surface area contributed by atoms with Gasteiger partial charge >= 0.3 is 6.03 Å². The first-order valence-corrected chi connectivity index (χ1v) is 9.75. The maximum absolute atomic E-state index is 12.2. The Labute approximate surface area is 171 Å². The molecule has 1 heterocycles. The van der Waals surface area contributed by atoms with Gasteiger partial charge in [0, 0.05) is 30.7 Å². The number of likely N-dealkylation sites (tertiary alicyclic amines) is 1. The Balaban J connectivity index is 0.00000261. The Morgan fingerprint density at radius 2 is 1.70 bits per heavy atom. The first-order chi connectivity index (χ1) is 12.6. The Hall–Kier alpha value is -1.50. The van der Waals surface area contributed by atoms with Crippen molar-refractivity contribution >= 4 is 35.9 Å². The minimum Gasteiger partial charge on any atom is -0.341 e. The summed E-state index contributed by atoms with van der Waals surface area (Å²) >= 11 is 5.83. The Bertz CT molecular complexity index is 615. The van der Waals surface area contributed by atoms with Crippen molar-refractivity contribution < 1.29 is 9.59 Å². The molecule has 0 atom stereocenters. The summed E-state index contributed by atoms with van der Waals surface area (Å²) in [6, 6.07) is 7.46.